The largest absolute Gasteiger partial charge is 0.496 e. The quantitative estimate of drug-likeness (QED) is 0.727. The molecule has 0 bridgehead atoms. The fourth-order valence-corrected chi connectivity index (χ4v) is 4.76. The van der Waals surface area contributed by atoms with Gasteiger partial charge in [0.05, 0.1) is 46.0 Å². The van der Waals surface area contributed by atoms with Crippen LogP contribution in [0.4, 0.5) is 0 Å². The molecule has 6 heteroatoms. The Hall–Kier alpha value is -1.50. The number of quaternary nitrogens is 2. The van der Waals surface area contributed by atoms with Gasteiger partial charge in [0.2, 0.25) is 0 Å². The third-order valence-corrected chi connectivity index (χ3v) is 6.06. The first-order valence-corrected chi connectivity index (χ1v) is 10.2. The Labute approximate surface area is 163 Å². The minimum atomic E-state index is 0.380. The van der Waals surface area contributed by atoms with E-state index in [0.29, 0.717) is 18.0 Å². The molecule has 27 heavy (non-hydrogen) atoms. The van der Waals surface area contributed by atoms with E-state index in [-0.39, 0.29) is 0 Å². The predicted molar refractivity (Wildman–Crippen MR) is 104 cm³/mol. The number of hydrogen-bond donors (Lipinski definition) is 2. The van der Waals surface area contributed by atoms with Crippen molar-refractivity contribution in [3.63, 3.8) is 0 Å². The number of likely N-dealkylation sites (tertiary alicyclic amines) is 1. The number of morpholine rings is 1. The summed E-state index contributed by atoms with van der Waals surface area (Å²) in [5.41, 5.74) is 1.18. The van der Waals surface area contributed by atoms with Gasteiger partial charge in [-0.1, -0.05) is 0 Å². The molecule has 2 heterocycles. The number of benzene rings is 1. The lowest BCUT2D eigenvalue weighted by Crippen LogP contribution is -3.22. The molecule has 2 atom stereocenters. The molecule has 0 unspecified atom stereocenters. The van der Waals surface area contributed by atoms with E-state index in [9.17, 15) is 0 Å². The summed E-state index contributed by atoms with van der Waals surface area (Å²) in [4.78, 5) is 3.36. The number of piperidine rings is 1. The van der Waals surface area contributed by atoms with Gasteiger partial charge in [-0.25, -0.2) is 0 Å². The molecule has 3 rings (SSSR count). The van der Waals surface area contributed by atoms with Crippen LogP contribution in [0.5, 0.6) is 17.2 Å². The Kier molecular flexibility index (Phi) is 6.84. The molecule has 0 spiro atoms. The summed E-state index contributed by atoms with van der Waals surface area (Å²) in [6.45, 7) is 10.1. The molecule has 2 aliphatic rings. The Morgan fingerprint density at radius 3 is 2.00 bits per heavy atom. The van der Waals surface area contributed by atoms with Crippen LogP contribution in [0, 0.1) is 0 Å². The predicted octanol–water partition coefficient (Wildman–Crippen LogP) is -0.0482. The lowest BCUT2D eigenvalue weighted by Gasteiger charge is -2.39. The standard InChI is InChI=1S/C21H34N2O4/c1-15-12-23(13-16(2)27-15)18-6-8-22(9-7-18)14-17-10-20(25-4)21(26-5)11-19(17)24-3/h10-11,15-16,18H,6-9,12-14H2,1-5H3/p+2/t15-,16-/m0/s1. The Bertz CT molecular complexity index is 606. The van der Waals surface area contributed by atoms with Crippen LogP contribution in [0.2, 0.25) is 0 Å². The van der Waals surface area contributed by atoms with E-state index in [4.69, 9.17) is 18.9 Å². The van der Waals surface area contributed by atoms with Crippen molar-refractivity contribution in [1.29, 1.82) is 0 Å². The molecule has 2 saturated heterocycles. The average molecular weight is 381 g/mol. The average Bonchev–Trinajstić information content (AvgIpc) is 2.67. The Balaban J connectivity index is 1.60. The fraction of sp³-hybridized carbons (Fsp3) is 0.714. The van der Waals surface area contributed by atoms with Gasteiger partial charge >= 0.3 is 0 Å². The number of ether oxygens (including phenoxy) is 4. The second kappa shape index (κ2) is 9.13. The highest BCUT2D eigenvalue weighted by molar-refractivity contribution is 5.50. The van der Waals surface area contributed by atoms with E-state index in [1.54, 1.807) is 31.1 Å². The SMILES string of the molecule is COc1cc(OC)c(OC)cc1C[NH+]1CCC([NH+]2C[C@H](C)O[C@@H](C)C2)CC1. The van der Waals surface area contributed by atoms with Gasteiger partial charge in [0.1, 0.15) is 37.6 Å². The zero-order chi connectivity index (χ0) is 19.4. The smallest absolute Gasteiger partial charge is 0.164 e. The lowest BCUT2D eigenvalue weighted by molar-refractivity contribution is -0.970. The van der Waals surface area contributed by atoms with Crippen LogP contribution in [-0.4, -0.2) is 65.8 Å². The van der Waals surface area contributed by atoms with Crippen LogP contribution in [0.15, 0.2) is 12.1 Å². The van der Waals surface area contributed by atoms with Gasteiger partial charge < -0.3 is 28.7 Å². The van der Waals surface area contributed by atoms with E-state index in [1.165, 1.54) is 31.5 Å². The van der Waals surface area contributed by atoms with E-state index in [1.807, 2.05) is 6.07 Å². The molecule has 0 radical (unpaired) electrons. The highest BCUT2D eigenvalue weighted by atomic mass is 16.5. The zero-order valence-corrected chi connectivity index (χ0v) is 17.5. The molecule has 2 aliphatic heterocycles. The van der Waals surface area contributed by atoms with Crippen LogP contribution in [-0.2, 0) is 11.3 Å². The van der Waals surface area contributed by atoms with Gasteiger partial charge in [-0.05, 0) is 19.9 Å². The number of rotatable bonds is 6. The molecule has 2 fully saturated rings. The molecule has 0 aromatic heterocycles. The van der Waals surface area contributed by atoms with Crippen LogP contribution in [0.3, 0.4) is 0 Å². The molecule has 0 aliphatic carbocycles. The lowest BCUT2D eigenvalue weighted by atomic mass is 10.0. The minimum absolute atomic E-state index is 0.380. The zero-order valence-electron chi connectivity index (χ0n) is 17.5. The maximum absolute atomic E-state index is 5.91. The molecule has 0 amide bonds. The summed E-state index contributed by atoms with van der Waals surface area (Å²) < 4.78 is 22.4. The van der Waals surface area contributed by atoms with Crippen molar-refractivity contribution in [2.24, 2.45) is 0 Å². The van der Waals surface area contributed by atoms with Gasteiger partial charge in [-0.3, -0.25) is 0 Å². The Morgan fingerprint density at radius 2 is 1.44 bits per heavy atom. The van der Waals surface area contributed by atoms with Crippen molar-refractivity contribution >= 4 is 0 Å². The van der Waals surface area contributed by atoms with Gasteiger partial charge in [0.25, 0.3) is 0 Å². The van der Waals surface area contributed by atoms with E-state index < -0.39 is 0 Å². The highest BCUT2D eigenvalue weighted by Gasteiger charge is 2.35. The van der Waals surface area contributed by atoms with Crippen molar-refractivity contribution in [3.05, 3.63) is 17.7 Å². The van der Waals surface area contributed by atoms with Crippen molar-refractivity contribution in [3.8, 4) is 17.2 Å². The van der Waals surface area contributed by atoms with Gasteiger partial charge in [-0.15, -0.1) is 0 Å². The van der Waals surface area contributed by atoms with Crippen LogP contribution in [0.1, 0.15) is 32.3 Å². The summed E-state index contributed by atoms with van der Waals surface area (Å²) in [6, 6.07) is 4.77. The van der Waals surface area contributed by atoms with Crippen LogP contribution in [0.25, 0.3) is 0 Å². The van der Waals surface area contributed by atoms with Crippen LogP contribution >= 0.6 is 0 Å². The highest BCUT2D eigenvalue weighted by Crippen LogP contribution is 2.34. The van der Waals surface area contributed by atoms with E-state index in [0.717, 1.165) is 37.2 Å². The minimum Gasteiger partial charge on any atom is -0.496 e. The molecule has 152 valence electrons. The first kappa shape index (κ1) is 20.2. The molecule has 0 saturated carbocycles. The summed E-state index contributed by atoms with van der Waals surface area (Å²) in [5, 5.41) is 0. The monoisotopic (exact) mass is 380 g/mol. The molecule has 6 nitrogen and oxygen atoms in total. The molecule has 1 aromatic carbocycles. The summed E-state index contributed by atoms with van der Waals surface area (Å²) >= 11 is 0. The maximum atomic E-state index is 5.91. The van der Waals surface area contributed by atoms with Crippen molar-refractivity contribution in [2.75, 3.05) is 47.5 Å². The number of methoxy groups -OCH3 is 3. The number of hydrogen-bond acceptors (Lipinski definition) is 4. The van der Waals surface area contributed by atoms with Gasteiger partial charge in [0, 0.05) is 18.9 Å². The molecule has 1 aromatic rings. The topological polar surface area (TPSA) is 45.8 Å². The van der Waals surface area contributed by atoms with E-state index in [2.05, 4.69) is 19.9 Å². The van der Waals surface area contributed by atoms with Gasteiger partial charge in [0.15, 0.2) is 11.5 Å². The first-order valence-electron chi connectivity index (χ1n) is 10.2. The first-order chi connectivity index (χ1) is 13.0. The van der Waals surface area contributed by atoms with Crippen LogP contribution < -0.4 is 24.0 Å². The summed E-state index contributed by atoms with van der Waals surface area (Å²) in [7, 11) is 5.05. The molecular weight excluding hydrogens is 344 g/mol. The second-order valence-electron chi connectivity index (χ2n) is 8.04. The third kappa shape index (κ3) is 4.86. The third-order valence-electron chi connectivity index (χ3n) is 6.06. The van der Waals surface area contributed by atoms with Gasteiger partial charge in [-0.2, -0.15) is 0 Å². The molecular formula is C21H36N2O4+2. The van der Waals surface area contributed by atoms with Crippen molar-refractivity contribution < 1.29 is 28.7 Å². The summed E-state index contributed by atoms with van der Waals surface area (Å²) in [5.74, 6) is 2.36. The van der Waals surface area contributed by atoms with E-state index >= 15 is 0 Å². The normalized spacial score (nSPS) is 31.4. The van der Waals surface area contributed by atoms with Crippen molar-refractivity contribution in [1.82, 2.24) is 0 Å². The fourth-order valence-electron chi connectivity index (χ4n) is 4.76. The molecule has 2 N–H and O–H groups in total. The number of nitrogens with one attached hydrogen (secondary N) is 2. The maximum Gasteiger partial charge on any atom is 0.164 e. The second-order valence-corrected chi connectivity index (χ2v) is 8.04. The Morgan fingerprint density at radius 1 is 0.889 bits per heavy atom. The summed E-state index contributed by atoms with van der Waals surface area (Å²) in [6.07, 6.45) is 3.31. The van der Waals surface area contributed by atoms with Crippen molar-refractivity contribution in [2.45, 2.75) is 51.5 Å².